The SMILES string of the molecule is C[Si](C)(N)O[Si](C)(C)O[Si](O[Si](C)(C)N)(c1ccccc1)c1ccccc1. The molecule has 27 heavy (non-hydrogen) atoms. The summed E-state index contributed by atoms with van der Waals surface area (Å²) < 4.78 is 19.9. The molecule has 0 atom stereocenters. The van der Waals surface area contributed by atoms with Crippen LogP contribution in [0.2, 0.25) is 39.3 Å². The van der Waals surface area contributed by atoms with Gasteiger partial charge >= 0.3 is 17.1 Å². The predicted octanol–water partition coefficient (Wildman–Crippen LogP) is 2.32. The summed E-state index contributed by atoms with van der Waals surface area (Å²) in [5.41, 5.74) is 0. The van der Waals surface area contributed by atoms with Crippen LogP contribution in [0.1, 0.15) is 0 Å². The van der Waals surface area contributed by atoms with Crippen molar-refractivity contribution in [1.82, 2.24) is 0 Å². The minimum absolute atomic E-state index is 1.03. The second-order valence-corrected chi connectivity index (χ2v) is 22.3. The molecule has 0 spiro atoms. The molecule has 2 rings (SSSR count). The van der Waals surface area contributed by atoms with Crippen LogP contribution < -0.4 is 21.2 Å². The molecule has 0 bridgehead atoms. The first kappa shape index (κ1) is 22.4. The lowest BCUT2D eigenvalue weighted by atomic mass is 10.4. The first-order valence-electron chi connectivity index (χ1n) is 9.12. The molecule has 0 fully saturated rings. The number of hydrogen-bond acceptors (Lipinski definition) is 5. The molecule has 5 nitrogen and oxygen atoms in total. The molecule has 2 aromatic rings. The van der Waals surface area contributed by atoms with E-state index >= 15 is 0 Å². The number of hydrogen-bond donors (Lipinski definition) is 2. The van der Waals surface area contributed by atoms with Crippen LogP contribution in [0.3, 0.4) is 0 Å². The minimum atomic E-state index is -3.08. The maximum absolute atomic E-state index is 6.89. The summed E-state index contributed by atoms with van der Waals surface area (Å²) in [5, 5.41) is 14.8. The molecule has 0 unspecified atom stereocenters. The van der Waals surface area contributed by atoms with Gasteiger partial charge in [-0.3, -0.25) is 0 Å². The standard InChI is InChI=1S/C18H32N2O3Si4/c1-24(2,19)21-26(5,6)23-27(22-25(3,4)20,17-13-9-7-10-14-17)18-15-11-8-12-16-18/h7-16H,19-20H2,1-6H3. The molecule has 0 aliphatic carbocycles. The van der Waals surface area contributed by atoms with Crippen LogP contribution in [-0.2, 0) is 12.3 Å². The average molecular weight is 437 g/mol. The third kappa shape index (κ3) is 6.59. The average Bonchev–Trinajstić information content (AvgIpc) is 2.52. The normalized spacial score (nSPS) is 13.6. The highest BCUT2D eigenvalue weighted by molar-refractivity contribution is 7.02. The zero-order valence-electron chi connectivity index (χ0n) is 17.2. The van der Waals surface area contributed by atoms with Gasteiger partial charge in [0.1, 0.15) is 0 Å². The van der Waals surface area contributed by atoms with E-state index in [-0.39, 0.29) is 0 Å². The van der Waals surface area contributed by atoms with Crippen LogP contribution in [0.5, 0.6) is 0 Å². The molecule has 0 saturated heterocycles. The van der Waals surface area contributed by atoms with Crippen LogP contribution in [-0.4, -0.2) is 34.1 Å². The molecule has 0 amide bonds. The Morgan fingerprint density at radius 1 is 0.556 bits per heavy atom. The number of rotatable bonds is 8. The van der Waals surface area contributed by atoms with E-state index < -0.39 is 34.1 Å². The van der Waals surface area contributed by atoms with Crippen LogP contribution in [0.25, 0.3) is 0 Å². The summed E-state index contributed by atoms with van der Waals surface area (Å²) in [6.45, 7) is 12.0. The van der Waals surface area contributed by atoms with Gasteiger partial charge in [-0.25, -0.2) is 0 Å². The van der Waals surface area contributed by atoms with Crippen molar-refractivity contribution in [3.63, 3.8) is 0 Å². The van der Waals surface area contributed by atoms with Gasteiger partial charge in [-0.15, -0.1) is 0 Å². The van der Waals surface area contributed by atoms with Gasteiger partial charge in [0.25, 0.3) is 17.0 Å². The number of nitrogens with two attached hydrogens (primary N) is 2. The van der Waals surface area contributed by atoms with Crippen molar-refractivity contribution in [3.05, 3.63) is 60.7 Å². The van der Waals surface area contributed by atoms with Crippen LogP contribution >= 0.6 is 0 Å². The monoisotopic (exact) mass is 436 g/mol. The molecule has 148 valence electrons. The zero-order chi connectivity index (χ0) is 20.3. The maximum Gasteiger partial charge on any atom is 0.388 e. The predicted molar refractivity (Wildman–Crippen MR) is 122 cm³/mol. The van der Waals surface area contributed by atoms with Crippen molar-refractivity contribution in [3.8, 4) is 0 Å². The van der Waals surface area contributed by atoms with Crippen molar-refractivity contribution in [2.24, 2.45) is 10.8 Å². The fourth-order valence-corrected chi connectivity index (χ4v) is 18.5. The molecule has 0 aliphatic heterocycles. The van der Waals surface area contributed by atoms with Gasteiger partial charge < -0.3 is 23.1 Å². The quantitative estimate of drug-likeness (QED) is 0.621. The smallest absolute Gasteiger partial charge is 0.388 e. The molecule has 0 aliphatic rings. The van der Waals surface area contributed by atoms with Crippen LogP contribution in [0.4, 0.5) is 0 Å². The van der Waals surface area contributed by atoms with E-state index in [1.165, 1.54) is 0 Å². The van der Waals surface area contributed by atoms with Gasteiger partial charge in [-0.2, -0.15) is 0 Å². The van der Waals surface area contributed by atoms with Crippen molar-refractivity contribution in [2.45, 2.75) is 39.3 Å². The zero-order valence-corrected chi connectivity index (χ0v) is 21.2. The summed E-state index contributed by atoms with van der Waals surface area (Å²) in [6.07, 6.45) is 0. The molecule has 0 heterocycles. The lowest BCUT2D eigenvalue weighted by molar-refractivity contribution is 0.340. The van der Waals surface area contributed by atoms with Gasteiger partial charge in [-0.05, 0) is 49.7 Å². The molecule has 4 N–H and O–H groups in total. The van der Waals surface area contributed by atoms with Gasteiger partial charge in [0, 0.05) is 0 Å². The Labute approximate surface area is 167 Å². The van der Waals surface area contributed by atoms with Gasteiger partial charge in [0.15, 0.2) is 0 Å². The summed E-state index contributed by atoms with van der Waals surface area (Å²) in [4.78, 5) is 0. The third-order valence-corrected chi connectivity index (χ3v) is 16.2. The van der Waals surface area contributed by atoms with Gasteiger partial charge in [0.05, 0.1) is 0 Å². The Balaban J connectivity index is 2.65. The first-order valence-corrected chi connectivity index (χ1v) is 19.7. The Hall–Kier alpha value is -0.892. The van der Waals surface area contributed by atoms with Crippen LogP contribution in [0, 0.1) is 0 Å². The molecular weight excluding hydrogens is 405 g/mol. The fourth-order valence-electron chi connectivity index (χ4n) is 3.11. The summed E-state index contributed by atoms with van der Waals surface area (Å²) in [7, 11) is -10.4. The summed E-state index contributed by atoms with van der Waals surface area (Å²) in [5.74, 6) is 0. The molecular formula is C18H32N2O3Si4. The van der Waals surface area contributed by atoms with Crippen molar-refractivity contribution < 1.29 is 12.3 Å². The molecule has 0 saturated carbocycles. The van der Waals surface area contributed by atoms with Crippen LogP contribution in [0.15, 0.2) is 60.7 Å². The van der Waals surface area contributed by atoms with Gasteiger partial charge in [-0.1, -0.05) is 60.7 Å². The topological polar surface area (TPSA) is 79.7 Å². The van der Waals surface area contributed by atoms with E-state index in [9.17, 15) is 0 Å². The van der Waals surface area contributed by atoms with E-state index in [0.29, 0.717) is 0 Å². The van der Waals surface area contributed by atoms with Gasteiger partial charge in [0.2, 0.25) is 0 Å². The Morgan fingerprint density at radius 3 is 1.26 bits per heavy atom. The molecule has 0 radical (unpaired) electrons. The Bertz CT molecular complexity index is 692. The van der Waals surface area contributed by atoms with E-state index in [1.807, 2.05) is 75.7 Å². The largest absolute Gasteiger partial charge is 0.424 e. The van der Waals surface area contributed by atoms with E-state index in [4.69, 9.17) is 23.1 Å². The van der Waals surface area contributed by atoms with E-state index in [2.05, 4.69) is 24.3 Å². The minimum Gasteiger partial charge on any atom is -0.424 e. The Morgan fingerprint density at radius 2 is 0.926 bits per heavy atom. The fraction of sp³-hybridized carbons (Fsp3) is 0.333. The third-order valence-electron chi connectivity index (χ3n) is 3.61. The molecule has 2 aromatic carbocycles. The first-order chi connectivity index (χ1) is 12.3. The second kappa shape index (κ2) is 8.23. The van der Waals surface area contributed by atoms with E-state index in [1.54, 1.807) is 0 Å². The highest BCUT2D eigenvalue weighted by atomic mass is 28.5. The molecule has 0 aromatic heterocycles. The second-order valence-electron chi connectivity index (χ2n) is 8.26. The summed E-state index contributed by atoms with van der Waals surface area (Å²) in [6, 6.07) is 20.3. The highest BCUT2D eigenvalue weighted by Crippen LogP contribution is 2.22. The van der Waals surface area contributed by atoms with E-state index in [0.717, 1.165) is 10.4 Å². The van der Waals surface area contributed by atoms with Crippen molar-refractivity contribution >= 4 is 44.5 Å². The lowest BCUT2D eigenvalue weighted by Crippen LogP contribution is -2.73. The summed E-state index contributed by atoms with van der Waals surface area (Å²) >= 11 is 0. The Kier molecular flexibility index (Phi) is 6.83. The molecule has 9 heteroatoms. The maximum atomic E-state index is 6.89. The van der Waals surface area contributed by atoms with Crippen molar-refractivity contribution in [2.75, 3.05) is 0 Å². The lowest BCUT2D eigenvalue weighted by Gasteiger charge is -2.42. The number of benzene rings is 2. The van der Waals surface area contributed by atoms with Crippen molar-refractivity contribution in [1.29, 1.82) is 0 Å². The highest BCUT2D eigenvalue weighted by Gasteiger charge is 2.51.